The molecule has 1 aromatic heterocycles. The van der Waals surface area contributed by atoms with Gasteiger partial charge in [-0.25, -0.2) is 4.79 Å². The molecule has 0 atom stereocenters. The first kappa shape index (κ1) is 18.7. The number of methoxy groups -OCH3 is 1. The minimum absolute atomic E-state index is 0.107. The van der Waals surface area contributed by atoms with Gasteiger partial charge < -0.3 is 14.4 Å². The van der Waals surface area contributed by atoms with Gasteiger partial charge >= 0.3 is 5.97 Å². The van der Waals surface area contributed by atoms with Gasteiger partial charge in [0, 0.05) is 17.5 Å². The van der Waals surface area contributed by atoms with Gasteiger partial charge in [0.1, 0.15) is 5.57 Å². The molecule has 0 aliphatic carbocycles. The summed E-state index contributed by atoms with van der Waals surface area (Å²) in [6.07, 6.45) is 3.27. The number of carbonyl (C=O) groups is 1. The lowest BCUT2D eigenvalue weighted by molar-refractivity contribution is -0.130. The molecule has 2 aromatic carbocycles. The fourth-order valence-electron chi connectivity index (χ4n) is 3.33. The third-order valence-electron chi connectivity index (χ3n) is 4.86. The molecule has 0 radical (unpaired) electrons. The summed E-state index contributed by atoms with van der Waals surface area (Å²) in [5.41, 5.74) is 2.52. The van der Waals surface area contributed by atoms with Gasteiger partial charge in [0.2, 0.25) is 0 Å². The second-order valence-corrected chi connectivity index (χ2v) is 6.44. The number of ether oxygens (including phenoxy) is 1. The van der Waals surface area contributed by atoms with E-state index in [1.165, 1.54) is 13.4 Å². The topological polar surface area (TPSA) is 72.6 Å². The maximum Gasteiger partial charge on any atom is 0.339 e. The highest BCUT2D eigenvalue weighted by atomic mass is 16.5. The summed E-state index contributed by atoms with van der Waals surface area (Å²) in [5, 5.41) is 15.5. The lowest BCUT2D eigenvalue weighted by Gasteiger charge is -2.09. The molecule has 5 heteroatoms. The summed E-state index contributed by atoms with van der Waals surface area (Å²) in [5.74, 6) is 0.0217. The number of hydrogen-bond acceptors (Lipinski definition) is 4. The third kappa shape index (κ3) is 3.72. The van der Waals surface area contributed by atoms with Crippen LogP contribution in [0.5, 0.6) is 0 Å². The molecule has 0 saturated carbocycles. The molecule has 0 aliphatic rings. The van der Waals surface area contributed by atoms with Crippen LogP contribution in [0.4, 0.5) is 0 Å². The van der Waals surface area contributed by atoms with Crippen molar-refractivity contribution in [3.8, 4) is 11.3 Å². The van der Waals surface area contributed by atoms with Gasteiger partial charge in [-0.3, -0.25) is 0 Å². The maximum atomic E-state index is 11.7. The molecule has 5 nitrogen and oxygen atoms in total. The second kappa shape index (κ2) is 8.08. The molecule has 0 amide bonds. The van der Waals surface area contributed by atoms with E-state index in [2.05, 4.69) is 19.0 Å². The van der Waals surface area contributed by atoms with Crippen LogP contribution in [0.2, 0.25) is 0 Å². The number of aliphatic carboxylic acids is 1. The summed E-state index contributed by atoms with van der Waals surface area (Å²) in [7, 11) is 1.44. The number of carboxylic acids is 1. The molecule has 3 aromatic rings. The summed E-state index contributed by atoms with van der Waals surface area (Å²) in [6, 6.07) is 13.4. The van der Waals surface area contributed by atoms with Gasteiger partial charge in [-0.1, -0.05) is 49.3 Å². The highest BCUT2D eigenvalue weighted by Crippen LogP contribution is 2.32. The molecule has 0 spiro atoms. The van der Waals surface area contributed by atoms with Crippen LogP contribution in [0.25, 0.3) is 27.7 Å². The van der Waals surface area contributed by atoms with Crippen molar-refractivity contribution in [2.75, 3.05) is 7.11 Å². The van der Waals surface area contributed by atoms with Gasteiger partial charge in [-0.05, 0) is 35.2 Å². The number of aromatic nitrogens is 1. The normalized spacial score (nSPS) is 11.9. The molecule has 0 bridgehead atoms. The van der Waals surface area contributed by atoms with Gasteiger partial charge in [0.15, 0.2) is 5.76 Å². The van der Waals surface area contributed by atoms with Crippen LogP contribution in [0.3, 0.4) is 0 Å². The number of carboxylic acid groups (broad SMARTS) is 1. The Hall–Kier alpha value is -3.08. The molecular weight excluding hydrogens is 342 g/mol. The molecule has 140 valence electrons. The molecule has 1 heterocycles. The molecule has 0 saturated heterocycles. The van der Waals surface area contributed by atoms with Crippen LogP contribution in [-0.2, 0) is 9.53 Å². The first-order valence-corrected chi connectivity index (χ1v) is 9.05. The smallest absolute Gasteiger partial charge is 0.339 e. The van der Waals surface area contributed by atoms with Crippen molar-refractivity contribution < 1.29 is 19.2 Å². The van der Waals surface area contributed by atoms with E-state index in [-0.39, 0.29) is 5.57 Å². The number of rotatable bonds is 7. The van der Waals surface area contributed by atoms with Crippen molar-refractivity contribution in [3.63, 3.8) is 0 Å². The highest BCUT2D eigenvalue weighted by Gasteiger charge is 2.17. The van der Waals surface area contributed by atoms with Crippen LogP contribution in [0.15, 0.2) is 53.2 Å². The zero-order valence-electron chi connectivity index (χ0n) is 15.7. The number of benzene rings is 2. The van der Waals surface area contributed by atoms with Crippen LogP contribution in [0.1, 0.15) is 43.9 Å². The zero-order valence-corrected chi connectivity index (χ0v) is 15.7. The SMILES string of the molecule is CCC(CC)c1cc(-c2ccc3cccc(C(=COC)C(=O)O)c3c2)on1. The van der Waals surface area contributed by atoms with E-state index >= 15 is 0 Å². The van der Waals surface area contributed by atoms with Crippen LogP contribution >= 0.6 is 0 Å². The molecule has 0 aliphatic heterocycles. The quantitative estimate of drug-likeness (QED) is 0.444. The van der Waals surface area contributed by atoms with Crippen LogP contribution in [0, 0.1) is 0 Å². The fourth-order valence-corrected chi connectivity index (χ4v) is 3.33. The van der Waals surface area contributed by atoms with E-state index in [9.17, 15) is 9.90 Å². The number of nitrogens with zero attached hydrogens (tertiary/aromatic N) is 1. The second-order valence-electron chi connectivity index (χ2n) is 6.44. The molecule has 1 N–H and O–H groups in total. The Bertz CT molecular complexity index is 983. The molecule has 0 unspecified atom stereocenters. The Balaban J connectivity index is 2.11. The predicted octanol–water partition coefficient (Wildman–Crippen LogP) is 5.47. The Morgan fingerprint density at radius 3 is 2.67 bits per heavy atom. The van der Waals surface area contributed by atoms with E-state index in [1.54, 1.807) is 6.07 Å². The zero-order chi connectivity index (χ0) is 19.4. The first-order valence-electron chi connectivity index (χ1n) is 9.05. The van der Waals surface area contributed by atoms with Crippen molar-refractivity contribution in [2.24, 2.45) is 0 Å². The Morgan fingerprint density at radius 1 is 1.22 bits per heavy atom. The Labute approximate surface area is 158 Å². The minimum Gasteiger partial charge on any atom is -0.503 e. The number of hydrogen-bond donors (Lipinski definition) is 1. The standard InChI is InChI=1S/C22H23NO4/c1-4-14(5-2)20-12-21(27-23-20)16-10-9-15-7-6-8-17(18(15)11-16)19(13-26-3)22(24)25/h6-14H,4-5H2,1-3H3,(H,24,25). The van der Waals surface area contributed by atoms with E-state index in [1.807, 2.05) is 36.4 Å². The Kier molecular flexibility index (Phi) is 5.60. The summed E-state index contributed by atoms with van der Waals surface area (Å²) >= 11 is 0. The lowest BCUT2D eigenvalue weighted by Crippen LogP contribution is -2.01. The summed E-state index contributed by atoms with van der Waals surface area (Å²) in [6.45, 7) is 4.28. The van der Waals surface area contributed by atoms with E-state index in [0.717, 1.165) is 34.9 Å². The monoisotopic (exact) mass is 365 g/mol. The maximum absolute atomic E-state index is 11.7. The first-order chi connectivity index (χ1) is 13.1. The molecule has 3 rings (SSSR count). The van der Waals surface area contributed by atoms with Crippen molar-refractivity contribution in [1.82, 2.24) is 5.16 Å². The van der Waals surface area contributed by atoms with Crippen molar-refractivity contribution in [1.29, 1.82) is 0 Å². The molecule has 0 fully saturated rings. The van der Waals surface area contributed by atoms with E-state index in [4.69, 9.17) is 9.26 Å². The largest absolute Gasteiger partial charge is 0.503 e. The third-order valence-corrected chi connectivity index (χ3v) is 4.86. The van der Waals surface area contributed by atoms with Gasteiger partial charge in [0.25, 0.3) is 0 Å². The van der Waals surface area contributed by atoms with Crippen molar-refractivity contribution in [3.05, 3.63) is 60.0 Å². The fraction of sp³-hybridized carbons (Fsp3) is 0.273. The molecule has 27 heavy (non-hydrogen) atoms. The van der Waals surface area contributed by atoms with Gasteiger partial charge in [-0.2, -0.15) is 0 Å². The Morgan fingerprint density at radius 2 is 2.00 bits per heavy atom. The predicted molar refractivity (Wildman–Crippen MR) is 105 cm³/mol. The van der Waals surface area contributed by atoms with Crippen molar-refractivity contribution in [2.45, 2.75) is 32.6 Å². The van der Waals surface area contributed by atoms with E-state index < -0.39 is 5.97 Å². The average molecular weight is 365 g/mol. The van der Waals surface area contributed by atoms with E-state index in [0.29, 0.717) is 17.2 Å². The van der Waals surface area contributed by atoms with Gasteiger partial charge in [0.05, 0.1) is 19.1 Å². The number of fused-ring (bicyclic) bond motifs is 1. The summed E-state index contributed by atoms with van der Waals surface area (Å²) in [4.78, 5) is 11.7. The average Bonchev–Trinajstić information content (AvgIpc) is 3.16. The van der Waals surface area contributed by atoms with Crippen LogP contribution in [-0.4, -0.2) is 23.3 Å². The highest BCUT2D eigenvalue weighted by molar-refractivity contribution is 6.19. The van der Waals surface area contributed by atoms with Crippen molar-refractivity contribution >= 4 is 22.3 Å². The minimum atomic E-state index is -1.04. The molecular formula is C22H23NO4. The van der Waals surface area contributed by atoms with Crippen LogP contribution < -0.4 is 0 Å². The lowest BCUT2D eigenvalue weighted by atomic mass is 9.95. The van der Waals surface area contributed by atoms with Gasteiger partial charge in [-0.15, -0.1) is 0 Å². The summed E-state index contributed by atoms with van der Waals surface area (Å²) < 4.78 is 10.5.